The summed E-state index contributed by atoms with van der Waals surface area (Å²) in [4.78, 5) is 28.8. The largest absolute Gasteiger partial charge is 0.507 e. The summed E-state index contributed by atoms with van der Waals surface area (Å²) in [5.41, 5.74) is 3.20. The van der Waals surface area contributed by atoms with Crippen LogP contribution in [-0.2, 0) is 9.59 Å². The van der Waals surface area contributed by atoms with Gasteiger partial charge >= 0.3 is 0 Å². The molecule has 0 unspecified atom stereocenters. The minimum Gasteiger partial charge on any atom is -0.507 e. The number of hydrogen-bond acceptors (Lipinski definition) is 5. The Kier molecular flexibility index (Phi) is 5.75. The maximum atomic E-state index is 12.8. The maximum Gasteiger partial charge on any atom is 0.295 e. The average Bonchev–Trinajstić information content (AvgIpc) is 2.92. The van der Waals surface area contributed by atoms with Crippen LogP contribution in [-0.4, -0.2) is 53.5 Å². The average molecular weight is 394 g/mol. The number of carbonyl (C=O) groups excluding carboxylic acids is 2. The lowest BCUT2D eigenvalue weighted by molar-refractivity contribution is -0.140. The number of β-amino-alcohol motifs (C(OH)–C–C–N with tert-alkyl or cyclic N) is 1. The van der Waals surface area contributed by atoms with Gasteiger partial charge in [0.2, 0.25) is 0 Å². The molecule has 0 spiro atoms. The molecule has 3 rings (SSSR count). The second-order valence-electron chi connectivity index (χ2n) is 7.65. The molecule has 1 saturated heterocycles. The van der Waals surface area contributed by atoms with E-state index in [0.717, 1.165) is 11.3 Å². The molecule has 0 radical (unpaired) electrons. The fourth-order valence-corrected chi connectivity index (χ4v) is 3.52. The molecule has 1 heterocycles. The van der Waals surface area contributed by atoms with Crippen molar-refractivity contribution in [3.63, 3.8) is 0 Å². The lowest BCUT2D eigenvalue weighted by Crippen LogP contribution is -2.35. The topological polar surface area (TPSA) is 81.1 Å². The number of amides is 1. The summed E-state index contributed by atoms with van der Waals surface area (Å²) in [5.74, 6) is -1.68. The number of likely N-dealkylation sites (tertiary alicyclic amines) is 1. The zero-order valence-electron chi connectivity index (χ0n) is 17.1. The number of anilines is 1. The number of aliphatic hydroxyl groups is 2. The van der Waals surface area contributed by atoms with Crippen molar-refractivity contribution in [2.45, 2.75) is 26.0 Å². The zero-order chi connectivity index (χ0) is 21.3. The molecule has 6 heteroatoms. The van der Waals surface area contributed by atoms with E-state index >= 15 is 0 Å². The normalized spacial score (nSPS) is 19.5. The van der Waals surface area contributed by atoms with Gasteiger partial charge in [0.15, 0.2) is 0 Å². The second kappa shape index (κ2) is 8.09. The molecule has 152 valence electrons. The number of aryl methyl sites for hydroxylation is 1. The Morgan fingerprint density at radius 3 is 2.17 bits per heavy atom. The van der Waals surface area contributed by atoms with Gasteiger partial charge in [-0.3, -0.25) is 9.59 Å². The number of hydrogen-bond donors (Lipinski definition) is 2. The number of carbonyl (C=O) groups is 2. The Labute approximate surface area is 170 Å². The van der Waals surface area contributed by atoms with Gasteiger partial charge in [-0.05, 0) is 31.5 Å². The smallest absolute Gasteiger partial charge is 0.295 e. The van der Waals surface area contributed by atoms with Gasteiger partial charge in [-0.15, -0.1) is 0 Å². The van der Waals surface area contributed by atoms with Gasteiger partial charge in [-0.2, -0.15) is 0 Å². The first-order valence-corrected chi connectivity index (χ1v) is 9.51. The quantitative estimate of drug-likeness (QED) is 0.463. The summed E-state index contributed by atoms with van der Waals surface area (Å²) in [6, 6.07) is 13.8. The summed E-state index contributed by atoms with van der Waals surface area (Å²) in [5, 5.41) is 20.8. The van der Waals surface area contributed by atoms with E-state index < -0.39 is 23.8 Å². The Balaban J connectivity index is 2.15. The van der Waals surface area contributed by atoms with Crippen LogP contribution in [0.5, 0.6) is 0 Å². The first-order valence-electron chi connectivity index (χ1n) is 9.51. The van der Waals surface area contributed by atoms with Crippen LogP contribution in [0.2, 0.25) is 0 Å². The minimum absolute atomic E-state index is 0.00461. The standard InChI is InChI=1S/C23H26N2O4/c1-14-5-7-17(8-6-14)21(27)19-20(16-9-11-18(12-10-16)24(3)4)25(13-15(2)26)23(29)22(19)28/h5-12,15,20,26-27H,13H2,1-4H3/t15-,20-/m1/s1. The molecule has 0 aliphatic carbocycles. The second-order valence-corrected chi connectivity index (χ2v) is 7.65. The number of Topliss-reactive ketones (excluding diaryl/α,β-unsaturated/α-hetero) is 1. The van der Waals surface area contributed by atoms with E-state index in [9.17, 15) is 19.8 Å². The van der Waals surface area contributed by atoms with E-state index in [1.165, 1.54) is 4.90 Å². The summed E-state index contributed by atoms with van der Waals surface area (Å²) < 4.78 is 0. The number of benzene rings is 2. The van der Waals surface area contributed by atoms with E-state index in [4.69, 9.17) is 0 Å². The summed E-state index contributed by atoms with van der Waals surface area (Å²) >= 11 is 0. The van der Waals surface area contributed by atoms with Gasteiger partial charge in [0.05, 0.1) is 17.7 Å². The summed E-state index contributed by atoms with van der Waals surface area (Å²) in [6.07, 6.45) is -0.809. The number of ketones is 1. The maximum absolute atomic E-state index is 12.8. The van der Waals surface area contributed by atoms with Gasteiger partial charge in [0, 0.05) is 31.9 Å². The predicted molar refractivity (Wildman–Crippen MR) is 113 cm³/mol. The fraction of sp³-hybridized carbons (Fsp3) is 0.304. The van der Waals surface area contributed by atoms with E-state index in [-0.39, 0.29) is 17.9 Å². The molecule has 0 bridgehead atoms. The summed E-state index contributed by atoms with van der Waals surface area (Å²) in [6.45, 7) is 3.48. The first-order chi connectivity index (χ1) is 13.7. The van der Waals surface area contributed by atoms with Crippen molar-refractivity contribution in [3.05, 3.63) is 70.8 Å². The Morgan fingerprint density at radius 2 is 1.66 bits per heavy atom. The molecule has 1 amide bonds. The van der Waals surface area contributed by atoms with E-state index in [1.807, 2.05) is 62.3 Å². The highest BCUT2D eigenvalue weighted by molar-refractivity contribution is 6.46. The number of rotatable bonds is 5. The lowest BCUT2D eigenvalue weighted by Gasteiger charge is -2.26. The third-order valence-corrected chi connectivity index (χ3v) is 5.05. The molecule has 0 aromatic heterocycles. The molecular formula is C23H26N2O4. The first kappa shape index (κ1) is 20.6. The highest BCUT2D eigenvalue weighted by Crippen LogP contribution is 2.39. The van der Waals surface area contributed by atoms with Crippen LogP contribution in [0.4, 0.5) is 5.69 Å². The van der Waals surface area contributed by atoms with Crippen LogP contribution < -0.4 is 4.90 Å². The van der Waals surface area contributed by atoms with Crippen molar-refractivity contribution in [3.8, 4) is 0 Å². The van der Waals surface area contributed by atoms with Gasteiger partial charge in [0.25, 0.3) is 11.7 Å². The van der Waals surface area contributed by atoms with Crippen molar-refractivity contribution in [2.75, 3.05) is 25.5 Å². The molecule has 1 fully saturated rings. The van der Waals surface area contributed by atoms with E-state index in [1.54, 1.807) is 19.1 Å². The molecule has 2 N–H and O–H groups in total. The zero-order valence-corrected chi connectivity index (χ0v) is 17.1. The SMILES string of the molecule is Cc1ccc(C(O)=C2C(=O)C(=O)N(C[C@@H](C)O)[C@@H]2c2ccc(N(C)C)cc2)cc1. The molecule has 6 nitrogen and oxygen atoms in total. The van der Waals surface area contributed by atoms with E-state index in [0.29, 0.717) is 11.1 Å². The van der Waals surface area contributed by atoms with Crippen LogP contribution in [0.3, 0.4) is 0 Å². The van der Waals surface area contributed by atoms with Crippen LogP contribution >= 0.6 is 0 Å². The third-order valence-electron chi connectivity index (χ3n) is 5.05. The monoisotopic (exact) mass is 394 g/mol. The molecular weight excluding hydrogens is 368 g/mol. The molecule has 1 aliphatic rings. The Morgan fingerprint density at radius 1 is 1.07 bits per heavy atom. The van der Waals surface area contributed by atoms with Crippen molar-refractivity contribution >= 4 is 23.1 Å². The fourth-order valence-electron chi connectivity index (χ4n) is 3.52. The molecule has 29 heavy (non-hydrogen) atoms. The highest BCUT2D eigenvalue weighted by Gasteiger charge is 2.46. The number of nitrogens with zero attached hydrogens (tertiary/aromatic N) is 2. The van der Waals surface area contributed by atoms with Crippen LogP contribution in [0.15, 0.2) is 54.1 Å². The van der Waals surface area contributed by atoms with Gasteiger partial charge < -0.3 is 20.0 Å². The molecule has 1 aliphatic heterocycles. The van der Waals surface area contributed by atoms with Gasteiger partial charge in [-0.25, -0.2) is 0 Å². The Hall–Kier alpha value is -3.12. The van der Waals surface area contributed by atoms with Crippen molar-refractivity contribution in [1.82, 2.24) is 4.90 Å². The summed E-state index contributed by atoms with van der Waals surface area (Å²) in [7, 11) is 3.85. The molecule has 2 aromatic rings. The lowest BCUT2D eigenvalue weighted by atomic mass is 9.94. The van der Waals surface area contributed by atoms with Crippen molar-refractivity contribution in [1.29, 1.82) is 0 Å². The van der Waals surface area contributed by atoms with Crippen molar-refractivity contribution < 1.29 is 19.8 Å². The number of aliphatic hydroxyl groups excluding tert-OH is 2. The van der Waals surface area contributed by atoms with E-state index in [2.05, 4.69) is 0 Å². The molecule has 2 aromatic carbocycles. The van der Waals surface area contributed by atoms with Gasteiger partial charge in [-0.1, -0.05) is 42.0 Å². The predicted octanol–water partition coefficient (Wildman–Crippen LogP) is 2.86. The molecule has 2 atom stereocenters. The van der Waals surface area contributed by atoms with Crippen LogP contribution in [0.1, 0.15) is 29.7 Å². The van der Waals surface area contributed by atoms with Crippen LogP contribution in [0.25, 0.3) is 5.76 Å². The third kappa shape index (κ3) is 4.03. The van der Waals surface area contributed by atoms with Gasteiger partial charge in [0.1, 0.15) is 5.76 Å². The van der Waals surface area contributed by atoms with Crippen LogP contribution in [0, 0.1) is 6.92 Å². The van der Waals surface area contributed by atoms with Crippen molar-refractivity contribution in [2.24, 2.45) is 0 Å². The highest BCUT2D eigenvalue weighted by atomic mass is 16.3. The molecule has 0 saturated carbocycles. The minimum atomic E-state index is -0.809. The Bertz CT molecular complexity index is 944.